The van der Waals surface area contributed by atoms with E-state index < -0.39 is 16.6 Å². The largest absolute Gasteiger partial charge is 0.407 e. The number of hydrogen-bond acceptors (Lipinski definition) is 2. The maximum Gasteiger partial charge on any atom is 0.261 e. The van der Waals surface area contributed by atoms with Crippen molar-refractivity contribution < 1.29 is 8.85 Å². The van der Waals surface area contributed by atoms with Gasteiger partial charge in [0, 0.05) is 12.5 Å². The van der Waals surface area contributed by atoms with Crippen LogP contribution in [0.5, 0.6) is 0 Å². The predicted octanol–water partition coefficient (Wildman–Crippen LogP) is 10.3. The van der Waals surface area contributed by atoms with E-state index in [4.69, 9.17) is 8.85 Å². The molecule has 280 valence electrons. The van der Waals surface area contributed by atoms with E-state index in [1.54, 1.807) is 0 Å². The molecule has 0 aromatic heterocycles. The molecule has 6 aromatic rings. The minimum Gasteiger partial charge on any atom is -0.407 e. The van der Waals surface area contributed by atoms with E-state index in [1.165, 1.54) is 37.4 Å². The van der Waals surface area contributed by atoms with Crippen LogP contribution >= 0.6 is 0 Å². The number of benzene rings is 6. The van der Waals surface area contributed by atoms with Crippen LogP contribution in [0, 0.1) is 11.8 Å². The Labute approximate surface area is 332 Å². The second-order valence-electron chi connectivity index (χ2n) is 17.2. The molecule has 1 aliphatic carbocycles. The Morgan fingerprint density at radius 3 is 1.16 bits per heavy atom. The second-order valence-corrected chi connectivity index (χ2v) is 25.7. The molecule has 0 heterocycles. The smallest absolute Gasteiger partial charge is 0.261 e. The highest BCUT2D eigenvalue weighted by Crippen LogP contribution is 2.47. The summed E-state index contributed by atoms with van der Waals surface area (Å²) < 4.78 is 15.6. The van der Waals surface area contributed by atoms with E-state index in [0.717, 1.165) is 6.42 Å². The molecule has 4 heteroatoms. The molecule has 0 radical (unpaired) electrons. The molecule has 0 spiro atoms. The van der Waals surface area contributed by atoms with E-state index in [9.17, 15) is 0 Å². The Kier molecular flexibility index (Phi) is 11.4. The highest BCUT2D eigenvalue weighted by molar-refractivity contribution is 7.00. The summed E-state index contributed by atoms with van der Waals surface area (Å²) in [5.41, 5.74) is 3.69. The van der Waals surface area contributed by atoms with E-state index >= 15 is 0 Å². The van der Waals surface area contributed by atoms with E-state index in [1.807, 2.05) is 0 Å². The molecule has 0 amide bonds. The first kappa shape index (κ1) is 38.7. The fourth-order valence-corrected chi connectivity index (χ4v) is 18.3. The summed E-state index contributed by atoms with van der Waals surface area (Å²) in [6, 6.07) is 66.0. The highest BCUT2D eigenvalue weighted by atomic mass is 28.4. The third kappa shape index (κ3) is 7.66. The van der Waals surface area contributed by atoms with Crippen LogP contribution in [0.25, 0.3) is 5.57 Å². The van der Waals surface area contributed by atoms with Crippen molar-refractivity contribution in [1.29, 1.82) is 0 Å². The molecule has 0 N–H and O–H groups in total. The predicted molar refractivity (Wildman–Crippen MR) is 238 cm³/mol. The summed E-state index contributed by atoms with van der Waals surface area (Å²) >= 11 is 0. The van der Waals surface area contributed by atoms with Gasteiger partial charge in [-0.25, -0.2) is 0 Å². The zero-order valence-electron chi connectivity index (χ0n) is 33.4. The van der Waals surface area contributed by atoms with Gasteiger partial charge in [0.25, 0.3) is 16.6 Å². The molecule has 1 aliphatic rings. The molecule has 55 heavy (non-hydrogen) atoms. The van der Waals surface area contributed by atoms with E-state index in [-0.39, 0.29) is 28.0 Å². The summed E-state index contributed by atoms with van der Waals surface area (Å²) in [5.74, 6) is 0.405. The van der Waals surface area contributed by atoms with Crippen LogP contribution in [0.2, 0.25) is 10.1 Å². The zero-order valence-corrected chi connectivity index (χ0v) is 35.4. The lowest BCUT2D eigenvalue weighted by Gasteiger charge is -2.53. The molecule has 3 atom stereocenters. The van der Waals surface area contributed by atoms with Crippen LogP contribution in [-0.2, 0) is 8.85 Å². The summed E-state index contributed by atoms with van der Waals surface area (Å²) in [5, 5.41) is 5.03. The SMILES string of the molecule is CC(C)(C)[Si](OC[C@H]1C[C@H](O[Si](c2ccccc2)(c2ccccc2)C(C)(C)C)[C@@H]1C=C(c1ccccc1)c1ccccc1)(c1ccccc1)c1ccccc1. The fraction of sp³-hybridized carbons (Fsp3) is 0.255. The van der Waals surface area contributed by atoms with E-state index in [2.05, 4.69) is 230 Å². The minimum absolute atomic E-state index is 0.0153. The first-order chi connectivity index (χ1) is 26.5. The summed E-state index contributed by atoms with van der Waals surface area (Å²) in [4.78, 5) is 0. The fourth-order valence-electron chi connectivity index (χ4n) is 8.97. The lowest BCUT2D eigenvalue weighted by molar-refractivity contribution is -0.0163. The Balaban J connectivity index is 1.36. The van der Waals surface area contributed by atoms with Gasteiger partial charge in [-0.3, -0.25) is 0 Å². The topological polar surface area (TPSA) is 18.5 Å². The maximum absolute atomic E-state index is 7.94. The van der Waals surface area contributed by atoms with Crippen LogP contribution in [0.15, 0.2) is 188 Å². The highest BCUT2D eigenvalue weighted by Gasteiger charge is 2.56. The Morgan fingerprint density at radius 2 is 0.818 bits per heavy atom. The normalized spacial score (nSPS) is 17.6. The van der Waals surface area contributed by atoms with Gasteiger partial charge in [-0.05, 0) is 59.9 Å². The first-order valence-corrected chi connectivity index (χ1v) is 23.7. The lowest BCUT2D eigenvalue weighted by Crippen LogP contribution is -2.70. The van der Waals surface area contributed by atoms with Crippen molar-refractivity contribution in [1.82, 2.24) is 0 Å². The van der Waals surface area contributed by atoms with Crippen LogP contribution < -0.4 is 20.7 Å². The average Bonchev–Trinajstić information content (AvgIpc) is 3.20. The van der Waals surface area contributed by atoms with Gasteiger partial charge in [-0.1, -0.05) is 230 Å². The number of rotatable bonds is 12. The third-order valence-corrected chi connectivity index (χ3v) is 21.8. The van der Waals surface area contributed by atoms with Crippen LogP contribution in [-0.4, -0.2) is 29.3 Å². The van der Waals surface area contributed by atoms with E-state index in [0.29, 0.717) is 6.61 Å². The second kappa shape index (κ2) is 16.3. The molecular formula is C51H56O2Si2. The molecular weight excluding hydrogens is 701 g/mol. The van der Waals surface area contributed by atoms with Gasteiger partial charge in [0.1, 0.15) is 0 Å². The van der Waals surface area contributed by atoms with Crippen molar-refractivity contribution in [3.05, 3.63) is 199 Å². The minimum atomic E-state index is -2.82. The molecule has 0 unspecified atom stereocenters. The molecule has 2 nitrogen and oxygen atoms in total. The average molecular weight is 757 g/mol. The van der Waals surface area contributed by atoms with Crippen molar-refractivity contribution >= 4 is 43.0 Å². The van der Waals surface area contributed by atoms with Crippen molar-refractivity contribution in [3.8, 4) is 0 Å². The van der Waals surface area contributed by atoms with Gasteiger partial charge in [0.05, 0.1) is 6.10 Å². The quantitative estimate of drug-likeness (QED) is 0.116. The molecule has 0 bridgehead atoms. The van der Waals surface area contributed by atoms with Gasteiger partial charge < -0.3 is 8.85 Å². The van der Waals surface area contributed by atoms with Crippen molar-refractivity contribution in [3.63, 3.8) is 0 Å². The zero-order chi connectivity index (χ0) is 38.5. The van der Waals surface area contributed by atoms with Gasteiger partial charge in [0.15, 0.2) is 0 Å². The van der Waals surface area contributed by atoms with Gasteiger partial charge >= 0.3 is 0 Å². The summed E-state index contributed by atoms with van der Waals surface area (Å²) in [7, 11) is -5.57. The molecule has 0 saturated heterocycles. The molecule has 6 aromatic carbocycles. The Morgan fingerprint density at radius 1 is 0.491 bits per heavy atom. The van der Waals surface area contributed by atoms with Crippen LogP contribution in [0.3, 0.4) is 0 Å². The van der Waals surface area contributed by atoms with Crippen molar-refractivity contribution in [2.75, 3.05) is 6.61 Å². The van der Waals surface area contributed by atoms with Crippen LogP contribution in [0.1, 0.15) is 59.1 Å². The molecule has 0 aliphatic heterocycles. The van der Waals surface area contributed by atoms with Gasteiger partial charge in [0.2, 0.25) is 0 Å². The maximum atomic E-state index is 7.94. The summed E-state index contributed by atoms with van der Waals surface area (Å²) in [6.45, 7) is 14.9. The Hall–Kier alpha value is -4.59. The molecule has 1 fully saturated rings. The van der Waals surface area contributed by atoms with Gasteiger partial charge in [-0.15, -0.1) is 0 Å². The van der Waals surface area contributed by atoms with Crippen molar-refractivity contribution in [2.45, 2.75) is 64.1 Å². The third-order valence-electron chi connectivity index (χ3n) is 11.7. The summed E-state index contributed by atoms with van der Waals surface area (Å²) in [6.07, 6.45) is 3.48. The molecule has 1 saturated carbocycles. The standard InChI is InChI=1S/C51H56O2Si2/c1-50(2,3)54(43-29-17-9-18-30-43,44-31-19-10-20-32-44)52-39-42-37-49(48(42)38-47(40-25-13-7-14-26-40)41-27-15-8-16-28-41)53-55(51(4,5)6,45-33-21-11-22-34-45)46-35-23-12-24-36-46/h7-36,38,42,48-49H,37,39H2,1-6H3/t42-,48-,49+/m1/s1. The monoisotopic (exact) mass is 756 g/mol. The van der Waals surface area contributed by atoms with Gasteiger partial charge in [-0.2, -0.15) is 0 Å². The van der Waals surface area contributed by atoms with Crippen molar-refractivity contribution in [2.24, 2.45) is 11.8 Å². The van der Waals surface area contributed by atoms with Crippen LogP contribution in [0.4, 0.5) is 0 Å². The Bertz CT molecular complexity index is 2000. The molecule has 7 rings (SSSR count). The lowest BCUT2D eigenvalue weighted by atomic mass is 9.70. The number of hydrogen-bond donors (Lipinski definition) is 0. The first-order valence-electron chi connectivity index (χ1n) is 19.9.